The summed E-state index contributed by atoms with van der Waals surface area (Å²) in [6.45, 7) is 12.1. The van der Waals surface area contributed by atoms with Gasteiger partial charge in [0.1, 0.15) is 5.54 Å². The van der Waals surface area contributed by atoms with Gasteiger partial charge in [0.05, 0.1) is 18.8 Å². The average molecular weight is 289 g/mol. The van der Waals surface area contributed by atoms with Crippen LogP contribution < -0.4 is 5.32 Å². The van der Waals surface area contributed by atoms with E-state index in [-0.39, 0.29) is 5.60 Å². The molecule has 0 spiro atoms. The van der Waals surface area contributed by atoms with E-state index in [2.05, 4.69) is 5.32 Å². The van der Waals surface area contributed by atoms with Gasteiger partial charge in [-0.3, -0.25) is 4.79 Å². The first-order chi connectivity index (χ1) is 9.21. The Morgan fingerprint density at radius 2 is 1.80 bits per heavy atom. The Balaban J connectivity index is 3.77. The second-order valence-electron chi connectivity index (χ2n) is 6.24. The Hall–Kier alpha value is -0.650. The van der Waals surface area contributed by atoms with Crippen LogP contribution in [0.4, 0.5) is 0 Å². The van der Waals surface area contributed by atoms with Crippen molar-refractivity contribution in [1.82, 2.24) is 5.32 Å². The Kier molecular flexibility index (Phi) is 9.01. The molecule has 0 saturated heterocycles. The van der Waals surface area contributed by atoms with Gasteiger partial charge in [0.25, 0.3) is 0 Å². The highest BCUT2D eigenvalue weighted by atomic mass is 16.5. The van der Waals surface area contributed by atoms with Crippen molar-refractivity contribution in [3.8, 4) is 0 Å². The quantitative estimate of drug-likeness (QED) is 0.572. The molecule has 0 saturated carbocycles. The number of rotatable bonds is 11. The van der Waals surface area contributed by atoms with Gasteiger partial charge in [-0.05, 0) is 53.5 Å². The van der Waals surface area contributed by atoms with Gasteiger partial charge in [0, 0.05) is 6.61 Å². The molecule has 0 bridgehead atoms. The summed E-state index contributed by atoms with van der Waals surface area (Å²) in [5.41, 5.74) is -1.00. The lowest BCUT2D eigenvalue weighted by Crippen LogP contribution is -2.49. The van der Waals surface area contributed by atoms with Crippen LogP contribution in [0, 0.1) is 0 Å². The van der Waals surface area contributed by atoms with E-state index in [9.17, 15) is 9.90 Å². The van der Waals surface area contributed by atoms with E-state index in [0.717, 1.165) is 12.8 Å². The van der Waals surface area contributed by atoms with Crippen molar-refractivity contribution in [3.63, 3.8) is 0 Å². The predicted octanol–water partition coefficient (Wildman–Crippen LogP) is 2.44. The van der Waals surface area contributed by atoms with Crippen LogP contribution in [-0.4, -0.2) is 48.6 Å². The highest BCUT2D eigenvalue weighted by Gasteiger charge is 2.31. The summed E-state index contributed by atoms with van der Waals surface area (Å²) in [6, 6.07) is 0. The molecule has 2 N–H and O–H groups in total. The normalized spacial score (nSPS) is 15.1. The van der Waals surface area contributed by atoms with Crippen molar-refractivity contribution in [2.24, 2.45) is 0 Å². The summed E-state index contributed by atoms with van der Waals surface area (Å²) in [6.07, 6.45) is 2.20. The first-order valence-corrected chi connectivity index (χ1v) is 7.41. The van der Waals surface area contributed by atoms with E-state index in [1.165, 1.54) is 0 Å². The minimum Gasteiger partial charge on any atom is -0.480 e. The molecule has 120 valence electrons. The molecule has 20 heavy (non-hydrogen) atoms. The zero-order chi connectivity index (χ0) is 15.6. The average Bonchev–Trinajstić information content (AvgIpc) is 2.33. The Morgan fingerprint density at radius 1 is 1.15 bits per heavy atom. The first kappa shape index (κ1) is 19.4. The summed E-state index contributed by atoms with van der Waals surface area (Å²) < 4.78 is 11.0. The molecule has 0 aromatic rings. The fourth-order valence-electron chi connectivity index (χ4n) is 1.71. The van der Waals surface area contributed by atoms with Gasteiger partial charge in [0.2, 0.25) is 0 Å². The smallest absolute Gasteiger partial charge is 0.323 e. The minimum atomic E-state index is -0.860. The molecule has 0 aliphatic rings. The molecule has 0 aliphatic heterocycles. The number of carbonyl (C=O) groups is 1. The number of aliphatic carboxylic acids is 1. The number of ether oxygens (including phenoxy) is 2. The highest BCUT2D eigenvalue weighted by molar-refractivity contribution is 5.78. The van der Waals surface area contributed by atoms with E-state index in [1.54, 1.807) is 6.92 Å². The van der Waals surface area contributed by atoms with Crippen LogP contribution in [0.5, 0.6) is 0 Å². The van der Waals surface area contributed by atoms with E-state index >= 15 is 0 Å². The highest BCUT2D eigenvalue weighted by Crippen LogP contribution is 2.13. The van der Waals surface area contributed by atoms with Crippen molar-refractivity contribution in [2.75, 3.05) is 26.4 Å². The maximum Gasteiger partial charge on any atom is 0.323 e. The lowest BCUT2D eigenvalue weighted by molar-refractivity contribution is -0.144. The summed E-state index contributed by atoms with van der Waals surface area (Å²) in [4.78, 5) is 11.3. The van der Waals surface area contributed by atoms with Crippen molar-refractivity contribution >= 4 is 5.97 Å². The Labute approximate surface area is 123 Å². The van der Waals surface area contributed by atoms with Gasteiger partial charge in [-0.2, -0.15) is 0 Å². The van der Waals surface area contributed by atoms with Crippen LogP contribution in [0.15, 0.2) is 0 Å². The van der Waals surface area contributed by atoms with Crippen LogP contribution >= 0.6 is 0 Å². The molecule has 0 heterocycles. The second kappa shape index (κ2) is 9.32. The van der Waals surface area contributed by atoms with Gasteiger partial charge in [-0.15, -0.1) is 0 Å². The zero-order valence-electron chi connectivity index (χ0n) is 13.6. The van der Waals surface area contributed by atoms with Crippen LogP contribution in [0.25, 0.3) is 0 Å². The molecule has 0 amide bonds. The maximum atomic E-state index is 11.3. The molecule has 5 heteroatoms. The van der Waals surface area contributed by atoms with Gasteiger partial charge < -0.3 is 19.9 Å². The third-order valence-corrected chi connectivity index (χ3v) is 2.97. The Morgan fingerprint density at radius 3 is 2.30 bits per heavy atom. The standard InChI is InChI=1S/C15H31NO4/c1-6-9-16-15(5,13(17)18)8-7-10-19-11-12-20-14(2,3)4/h16H,6-12H2,1-5H3,(H,17,18). The van der Waals surface area contributed by atoms with E-state index in [4.69, 9.17) is 9.47 Å². The molecular formula is C15H31NO4. The van der Waals surface area contributed by atoms with E-state index < -0.39 is 11.5 Å². The van der Waals surface area contributed by atoms with Crippen molar-refractivity contribution in [3.05, 3.63) is 0 Å². The largest absolute Gasteiger partial charge is 0.480 e. The third-order valence-electron chi connectivity index (χ3n) is 2.97. The summed E-state index contributed by atoms with van der Waals surface area (Å²) in [5, 5.41) is 12.4. The second-order valence-corrected chi connectivity index (χ2v) is 6.24. The molecule has 0 aromatic carbocycles. The molecular weight excluding hydrogens is 258 g/mol. The lowest BCUT2D eigenvalue weighted by atomic mass is 9.96. The molecule has 1 atom stereocenters. The topological polar surface area (TPSA) is 67.8 Å². The van der Waals surface area contributed by atoms with Gasteiger partial charge >= 0.3 is 5.97 Å². The van der Waals surface area contributed by atoms with Crippen LogP contribution in [0.1, 0.15) is 53.9 Å². The monoisotopic (exact) mass is 289 g/mol. The van der Waals surface area contributed by atoms with Gasteiger partial charge in [-0.25, -0.2) is 0 Å². The number of hydrogen-bond donors (Lipinski definition) is 2. The summed E-state index contributed by atoms with van der Waals surface area (Å²) >= 11 is 0. The molecule has 5 nitrogen and oxygen atoms in total. The number of nitrogens with one attached hydrogen (secondary N) is 1. The number of hydrogen-bond acceptors (Lipinski definition) is 4. The van der Waals surface area contributed by atoms with E-state index in [0.29, 0.717) is 32.8 Å². The van der Waals surface area contributed by atoms with Crippen LogP contribution in [0.3, 0.4) is 0 Å². The van der Waals surface area contributed by atoms with Crippen molar-refractivity contribution in [1.29, 1.82) is 0 Å². The summed E-state index contributed by atoms with van der Waals surface area (Å²) in [5.74, 6) is -0.804. The Bertz CT molecular complexity index is 276. The van der Waals surface area contributed by atoms with Crippen molar-refractivity contribution < 1.29 is 19.4 Å². The fourth-order valence-corrected chi connectivity index (χ4v) is 1.71. The lowest BCUT2D eigenvalue weighted by Gasteiger charge is -2.26. The fraction of sp³-hybridized carbons (Fsp3) is 0.933. The molecule has 0 radical (unpaired) electrons. The van der Waals surface area contributed by atoms with Crippen LogP contribution in [0.2, 0.25) is 0 Å². The third kappa shape index (κ3) is 9.28. The predicted molar refractivity (Wildman–Crippen MR) is 80.1 cm³/mol. The zero-order valence-corrected chi connectivity index (χ0v) is 13.6. The molecule has 0 fully saturated rings. The number of carboxylic acids is 1. The first-order valence-electron chi connectivity index (χ1n) is 7.41. The van der Waals surface area contributed by atoms with Crippen molar-refractivity contribution in [2.45, 2.75) is 65.0 Å². The molecule has 0 rings (SSSR count). The van der Waals surface area contributed by atoms with Crippen LogP contribution in [-0.2, 0) is 14.3 Å². The maximum absolute atomic E-state index is 11.3. The summed E-state index contributed by atoms with van der Waals surface area (Å²) in [7, 11) is 0. The van der Waals surface area contributed by atoms with Gasteiger partial charge in [-0.1, -0.05) is 6.92 Å². The number of carboxylic acid groups (broad SMARTS) is 1. The molecule has 0 aromatic heterocycles. The minimum absolute atomic E-state index is 0.144. The molecule has 0 aliphatic carbocycles. The molecule has 1 unspecified atom stereocenters. The SMILES string of the molecule is CCCNC(C)(CCCOCCOC(C)(C)C)C(=O)O. The van der Waals surface area contributed by atoms with E-state index in [1.807, 2.05) is 27.7 Å². The van der Waals surface area contributed by atoms with Gasteiger partial charge in [0.15, 0.2) is 0 Å².